The molecule has 2 aromatic rings. The molecule has 2 aliphatic rings. The Balaban J connectivity index is 0.000000156. The first-order valence-corrected chi connectivity index (χ1v) is 8.68. The summed E-state index contributed by atoms with van der Waals surface area (Å²) in [5.41, 5.74) is 4.25. The van der Waals surface area contributed by atoms with Crippen LogP contribution in [0.2, 0.25) is 0 Å². The van der Waals surface area contributed by atoms with Crippen molar-refractivity contribution in [2.24, 2.45) is 0 Å². The van der Waals surface area contributed by atoms with Crippen molar-refractivity contribution in [1.82, 2.24) is 0 Å². The van der Waals surface area contributed by atoms with Gasteiger partial charge in [0.1, 0.15) is 34.8 Å². The lowest BCUT2D eigenvalue weighted by Crippen LogP contribution is -1.99. The van der Waals surface area contributed by atoms with Crippen LogP contribution in [0, 0.1) is 13.8 Å². The van der Waals surface area contributed by atoms with Crippen molar-refractivity contribution in [3.05, 3.63) is 57.6 Å². The number of rotatable bonds is 1. The van der Waals surface area contributed by atoms with Crippen LogP contribution in [0.25, 0.3) is 0 Å². The van der Waals surface area contributed by atoms with Crippen LogP contribution in [0.3, 0.4) is 0 Å². The monoisotopic (exact) mass is 370 g/mol. The number of esters is 2. The van der Waals surface area contributed by atoms with Crippen LogP contribution in [-0.4, -0.2) is 24.2 Å². The topological polar surface area (TPSA) is 82.1 Å². The molecule has 6 heteroatoms. The average Bonchev–Trinajstić information content (AvgIpc) is 3.07. The number of hydrogen-bond acceptors (Lipinski definition) is 6. The summed E-state index contributed by atoms with van der Waals surface area (Å²) in [4.78, 5) is 22.8. The maximum atomic E-state index is 11.5. The zero-order valence-electron chi connectivity index (χ0n) is 16.0. The first-order valence-electron chi connectivity index (χ1n) is 8.68. The lowest BCUT2D eigenvalue weighted by molar-refractivity contribution is 0.0410. The number of phenolic OH excluding ortho intramolecular Hbond substituents is 1. The summed E-state index contributed by atoms with van der Waals surface area (Å²) in [7, 11) is 1.57. The summed E-state index contributed by atoms with van der Waals surface area (Å²) in [5.74, 6) is -0.0274. The number of cyclic esters (lactones) is 2. The number of ether oxygens (including phenoxy) is 3. The van der Waals surface area contributed by atoms with Crippen LogP contribution in [0.5, 0.6) is 11.5 Å². The Morgan fingerprint density at radius 3 is 1.89 bits per heavy atom. The first kappa shape index (κ1) is 18.8. The van der Waals surface area contributed by atoms with E-state index in [1.165, 1.54) is 0 Å². The Hall–Kier alpha value is -3.02. The summed E-state index contributed by atoms with van der Waals surface area (Å²) in [6.07, 6.45) is -0.402. The molecule has 0 aromatic heterocycles. The van der Waals surface area contributed by atoms with E-state index in [1.54, 1.807) is 27.0 Å². The fourth-order valence-corrected chi connectivity index (χ4v) is 3.34. The van der Waals surface area contributed by atoms with Gasteiger partial charge in [-0.2, -0.15) is 0 Å². The molecule has 0 saturated heterocycles. The van der Waals surface area contributed by atoms with Gasteiger partial charge in [0, 0.05) is 11.1 Å². The third-order valence-electron chi connectivity index (χ3n) is 4.85. The van der Waals surface area contributed by atoms with Crippen LogP contribution in [-0.2, 0) is 9.47 Å². The summed E-state index contributed by atoms with van der Waals surface area (Å²) in [6, 6.07) is 7.46. The number of carbonyl (C=O) groups is 2. The smallest absolute Gasteiger partial charge is 0.342 e. The number of methoxy groups -OCH3 is 1. The standard InChI is InChI=1S/C11H12O3.C10H10O3/c1-6-4-5-8-7(2)14-11(12)9(8)10(6)13-3;1-5-3-4-7-6(2)13-10(12)8(7)9(5)11/h4-5,7H,1-3H3;3-4,6,11H,1-2H3. The maximum Gasteiger partial charge on any atom is 0.342 e. The maximum absolute atomic E-state index is 11.5. The predicted octanol–water partition coefficient (Wildman–Crippen LogP) is 4.17. The summed E-state index contributed by atoms with van der Waals surface area (Å²) in [6.45, 7) is 7.32. The van der Waals surface area contributed by atoms with Gasteiger partial charge >= 0.3 is 11.9 Å². The van der Waals surface area contributed by atoms with E-state index in [0.717, 1.165) is 16.7 Å². The Kier molecular flexibility index (Phi) is 4.83. The van der Waals surface area contributed by atoms with Gasteiger partial charge in [-0.15, -0.1) is 0 Å². The molecule has 2 aromatic carbocycles. The van der Waals surface area contributed by atoms with Crippen molar-refractivity contribution in [2.75, 3.05) is 7.11 Å². The predicted molar refractivity (Wildman–Crippen MR) is 98.2 cm³/mol. The van der Waals surface area contributed by atoms with E-state index < -0.39 is 5.97 Å². The van der Waals surface area contributed by atoms with Gasteiger partial charge in [-0.05, 0) is 38.8 Å². The van der Waals surface area contributed by atoms with Crippen LogP contribution < -0.4 is 4.74 Å². The molecule has 4 rings (SSSR count). The van der Waals surface area contributed by atoms with Crippen molar-refractivity contribution in [1.29, 1.82) is 0 Å². The molecule has 0 fully saturated rings. The third kappa shape index (κ3) is 3.12. The molecule has 1 N–H and O–H groups in total. The van der Waals surface area contributed by atoms with E-state index >= 15 is 0 Å². The zero-order valence-corrected chi connectivity index (χ0v) is 16.0. The molecule has 27 heavy (non-hydrogen) atoms. The van der Waals surface area contributed by atoms with Gasteiger partial charge in [-0.25, -0.2) is 9.59 Å². The summed E-state index contributed by atoms with van der Waals surface area (Å²) in [5, 5.41) is 9.61. The molecule has 0 spiro atoms. The number of benzene rings is 2. The highest BCUT2D eigenvalue weighted by molar-refractivity contribution is 5.98. The SMILES string of the molecule is COc1c(C)ccc2c1C(=O)OC2C.Cc1ccc2c(c1O)C(=O)OC2C. The lowest BCUT2D eigenvalue weighted by Gasteiger charge is -2.07. The molecule has 2 unspecified atom stereocenters. The van der Waals surface area contributed by atoms with Gasteiger partial charge < -0.3 is 19.3 Å². The van der Waals surface area contributed by atoms with Crippen molar-refractivity contribution in [3.8, 4) is 11.5 Å². The Bertz CT molecular complexity index is 931. The van der Waals surface area contributed by atoms with Gasteiger partial charge in [0.15, 0.2) is 0 Å². The van der Waals surface area contributed by atoms with Gasteiger partial charge in [0.25, 0.3) is 0 Å². The normalized spacial score (nSPS) is 19.4. The summed E-state index contributed by atoms with van der Waals surface area (Å²) >= 11 is 0. The number of phenols is 1. The van der Waals surface area contributed by atoms with E-state index in [-0.39, 0.29) is 23.9 Å². The fourth-order valence-electron chi connectivity index (χ4n) is 3.34. The molecular weight excluding hydrogens is 348 g/mol. The minimum Gasteiger partial charge on any atom is -0.507 e. The second-order valence-corrected chi connectivity index (χ2v) is 6.67. The largest absolute Gasteiger partial charge is 0.507 e. The van der Waals surface area contributed by atoms with Gasteiger partial charge in [0.2, 0.25) is 0 Å². The minimum absolute atomic E-state index is 0.0480. The number of fused-ring (bicyclic) bond motifs is 2. The molecule has 6 nitrogen and oxygen atoms in total. The number of aromatic hydroxyl groups is 1. The lowest BCUT2D eigenvalue weighted by atomic mass is 10.0. The number of hydrogen-bond donors (Lipinski definition) is 1. The fraction of sp³-hybridized carbons (Fsp3) is 0.333. The van der Waals surface area contributed by atoms with Crippen molar-refractivity contribution >= 4 is 11.9 Å². The van der Waals surface area contributed by atoms with Crippen LogP contribution in [0.15, 0.2) is 24.3 Å². The quantitative estimate of drug-likeness (QED) is 0.759. The highest BCUT2D eigenvalue weighted by atomic mass is 16.6. The second-order valence-electron chi connectivity index (χ2n) is 6.67. The van der Waals surface area contributed by atoms with Crippen molar-refractivity contribution in [3.63, 3.8) is 0 Å². The second kappa shape index (κ2) is 6.95. The van der Waals surface area contributed by atoms with E-state index in [1.807, 2.05) is 32.0 Å². The molecule has 2 heterocycles. The van der Waals surface area contributed by atoms with Gasteiger partial charge in [-0.3, -0.25) is 0 Å². The Morgan fingerprint density at radius 1 is 0.852 bits per heavy atom. The van der Waals surface area contributed by atoms with E-state index in [0.29, 0.717) is 22.4 Å². The van der Waals surface area contributed by atoms with Crippen molar-refractivity contribution in [2.45, 2.75) is 39.9 Å². The highest BCUT2D eigenvalue weighted by Crippen LogP contribution is 2.38. The molecule has 0 bridgehead atoms. The minimum atomic E-state index is -0.427. The van der Waals surface area contributed by atoms with Crippen molar-refractivity contribution < 1.29 is 28.9 Å². The van der Waals surface area contributed by atoms with E-state index in [2.05, 4.69) is 0 Å². The number of carbonyl (C=O) groups excluding carboxylic acids is 2. The molecule has 0 saturated carbocycles. The molecular formula is C21H22O6. The Morgan fingerprint density at radius 2 is 1.33 bits per heavy atom. The van der Waals surface area contributed by atoms with Gasteiger partial charge in [-0.1, -0.05) is 24.3 Å². The van der Waals surface area contributed by atoms with E-state index in [9.17, 15) is 14.7 Å². The highest BCUT2D eigenvalue weighted by Gasteiger charge is 2.32. The Labute approximate surface area is 157 Å². The average molecular weight is 370 g/mol. The van der Waals surface area contributed by atoms with Gasteiger partial charge in [0.05, 0.1) is 7.11 Å². The molecule has 0 amide bonds. The first-order chi connectivity index (χ1) is 12.8. The van der Waals surface area contributed by atoms with Crippen LogP contribution in [0.1, 0.15) is 69.0 Å². The van der Waals surface area contributed by atoms with E-state index in [4.69, 9.17) is 14.2 Å². The molecule has 0 aliphatic carbocycles. The zero-order chi connectivity index (χ0) is 19.9. The molecule has 2 atom stereocenters. The summed E-state index contributed by atoms with van der Waals surface area (Å²) < 4.78 is 15.3. The molecule has 142 valence electrons. The van der Waals surface area contributed by atoms with Crippen LogP contribution >= 0.6 is 0 Å². The molecule has 0 radical (unpaired) electrons. The van der Waals surface area contributed by atoms with Crippen LogP contribution in [0.4, 0.5) is 0 Å². The number of aryl methyl sites for hydroxylation is 2. The third-order valence-corrected chi connectivity index (χ3v) is 4.85. The molecule has 2 aliphatic heterocycles.